The molecule has 96 valence electrons. The zero-order chi connectivity index (χ0) is 12.1. The monoisotopic (exact) mass is 292 g/mol. The van der Waals surface area contributed by atoms with E-state index in [1.807, 2.05) is 0 Å². The van der Waals surface area contributed by atoms with E-state index in [0.717, 1.165) is 6.42 Å². The number of rotatable bonds is 11. The summed E-state index contributed by atoms with van der Waals surface area (Å²) < 4.78 is 4.97. The van der Waals surface area contributed by atoms with Crippen molar-refractivity contribution < 1.29 is 9.53 Å². The highest BCUT2D eigenvalue weighted by atomic mass is 79.9. The number of ether oxygens (including phenoxy) is 1. The molecular formula is C13H25BrO2. The molecule has 0 aromatic carbocycles. The summed E-state index contributed by atoms with van der Waals surface area (Å²) >= 11 is 3.06. The van der Waals surface area contributed by atoms with Crippen LogP contribution in [0, 0.1) is 0 Å². The fourth-order valence-electron chi connectivity index (χ4n) is 1.64. The van der Waals surface area contributed by atoms with Crippen LogP contribution in [0.25, 0.3) is 0 Å². The van der Waals surface area contributed by atoms with Crippen molar-refractivity contribution in [3.05, 3.63) is 0 Å². The van der Waals surface area contributed by atoms with Crippen LogP contribution in [0.1, 0.15) is 64.7 Å². The maximum atomic E-state index is 10.8. The molecule has 3 heteroatoms. The molecule has 0 aromatic heterocycles. The van der Waals surface area contributed by atoms with Crippen molar-refractivity contribution in [3.63, 3.8) is 0 Å². The Hall–Kier alpha value is -0.0500. The number of hydrogen-bond donors (Lipinski definition) is 0. The Morgan fingerprint density at radius 2 is 1.44 bits per heavy atom. The van der Waals surface area contributed by atoms with Gasteiger partial charge in [0, 0.05) is 0 Å². The normalized spacial score (nSPS) is 10.4. The van der Waals surface area contributed by atoms with Crippen LogP contribution in [0.2, 0.25) is 0 Å². The molecule has 0 saturated heterocycles. The van der Waals surface area contributed by atoms with Crippen molar-refractivity contribution in [3.8, 4) is 0 Å². The Kier molecular flexibility index (Phi) is 13.0. The molecule has 0 fully saturated rings. The van der Waals surface area contributed by atoms with Gasteiger partial charge >= 0.3 is 5.97 Å². The molecule has 0 bridgehead atoms. The van der Waals surface area contributed by atoms with Crippen LogP contribution in [-0.2, 0) is 9.53 Å². The molecule has 0 aliphatic rings. The largest absolute Gasteiger partial charge is 0.465 e. The highest BCUT2D eigenvalue weighted by Gasteiger charge is 1.98. The first-order valence-corrected chi connectivity index (χ1v) is 7.65. The summed E-state index contributed by atoms with van der Waals surface area (Å²) in [5.74, 6) is -0.153. The molecule has 0 radical (unpaired) electrons. The number of carbonyl (C=O) groups is 1. The average molecular weight is 293 g/mol. The van der Waals surface area contributed by atoms with E-state index in [-0.39, 0.29) is 5.97 Å². The minimum Gasteiger partial charge on any atom is -0.465 e. The van der Waals surface area contributed by atoms with Crippen LogP contribution in [0.4, 0.5) is 0 Å². The van der Waals surface area contributed by atoms with Gasteiger partial charge in [-0.15, -0.1) is 0 Å². The third-order valence-corrected chi connectivity index (χ3v) is 3.08. The number of halogens is 1. The van der Waals surface area contributed by atoms with Crippen LogP contribution in [0.15, 0.2) is 0 Å². The molecule has 0 heterocycles. The molecule has 0 amide bonds. The lowest BCUT2D eigenvalue weighted by molar-refractivity contribution is -0.140. The van der Waals surface area contributed by atoms with Crippen LogP contribution in [0.3, 0.4) is 0 Å². The first-order chi connectivity index (χ1) is 7.81. The molecule has 0 spiro atoms. The third-order valence-electron chi connectivity index (χ3n) is 2.62. The lowest BCUT2D eigenvalue weighted by Gasteiger charge is -2.03. The number of carbonyl (C=O) groups excluding carboxylic acids is 1. The summed E-state index contributed by atoms with van der Waals surface area (Å²) in [5.41, 5.74) is 0. The van der Waals surface area contributed by atoms with Crippen molar-refractivity contribution in [2.24, 2.45) is 0 Å². The zero-order valence-corrected chi connectivity index (χ0v) is 12.1. The molecule has 2 nitrogen and oxygen atoms in total. The van der Waals surface area contributed by atoms with Gasteiger partial charge in [-0.05, 0) is 6.42 Å². The van der Waals surface area contributed by atoms with E-state index in [9.17, 15) is 4.79 Å². The summed E-state index contributed by atoms with van der Waals surface area (Å²) in [6.07, 6.45) is 11.6. The van der Waals surface area contributed by atoms with Gasteiger partial charge in [0.1, 0.15) is 5.33 Å². The molecule has 0 atom stereocenters. The fraction of sp³-hybridized carbons (Fsp3) is 0.923. The van der Waals surface area contributed by atoms with Crippen LogP contribution in [0.5, 0.6) is 0 Å². The second-order valence-electron chi connectivity index (χ2n) is 4.18. The lowest BCUT2D eigenvalue weighted by atomic mass is 10.1. The zero-order valence-electron chi connectivity index (χ0n) is 10.5. The first-order valence-electron chi connectivity index (χ1n) is 6.52. The molecule has 16 heavy (non-hydrogen) atoms. The Labute approximate surface area is 108 Å². The highest BCUT2D eigenvalue weighted by molar-refractivity contribution is 9.09. The van der Waals surface area contributed by atoms with Gasteiger partial charge in [-0.2, -0.15) is 0 Å². The van der Waals surface area contributed by atoms with Crippen molar-refractivity contribution in [1.82, 2.24) is 0 Å². The number of esters is 1. The predicted octanol–water partition coefficient (Wildman–Crippen LogP) is 4.46. The van der Waals surface area contributed by atoms with E-state index < -0.39 is 0 Å². The summed E-state index contributed by atoms with van der Waals surface area (Å²) in [6.45, 7) is 2.83. The van der Waals surface area contributed by atoms with E-state index in [4.69, 9.17) is 4.74 Å². The van der Waals surface area contributed by atoms with Crippen LogP contribution < -0.4 is 0 Å². The lowest BCUT2D eigenvalue weighted by Crippen LogP contribution is -2.06. The minimum atomic E-state index is -0.153. The van der Waals surface area contributed by atoms with Gasteiger partial charge in [-0.3, -0.25) is 4.79 Å². The topological polar surface area (TPSA) is 26.3 Å². The van der Waals surface area contributed by atoms with Gasteiger partial charge in [0.05, 0.1) is 6.61 Å². The molecule has 0 N–H and O–H groups in total. The molecule has 0 saturated carbocycles. The molecule has 0 aromatic rings. The smallest absolute Gasteiger partial charge is 0.316 e. The van der Waals surface area contributed by atoms with E-state index in [2.05, 4.69) is 22.9 Å². The fourth-order valence-corrected chi connectivity index (χ4v) is 1.80. The van der Waals surface area contributed by atoms with Gasteiger partial charge in [0.2, 0.25) is 0 Å². The Balaban J connectivity index is 2.96. The maximum absolute atomic E-state index is 10.8. The van der Waals surface area contributed by atoms with Gasteiger partial charge in [0.25, 0.3) is 0 Å². The van der Waals surface area contributed by atoms with Crippen LogP contribution >= 0.6 is 15.9 Å². The van der Waals surface area contributed by atoms with Gasteiger partial charge < -0.3 is 4.74 Å². The second kappa shape index (κ2) is 13.0. The Bertz CT molecular complexity index is 160. The Morgan fingerprint density at radius 3 is 1.94 bits per heavy atom. The summed E-state index contributed by atoms with van der Waals surface area (Å²) in [6, 6.07) is 0. The van der Waals surface area contributed by atoms with Gasteiger partial charge in [0.15, 0.2) is 0 Å². The van der Waals surface area contributed by atoms with E-state index in [0.29, 0.717) is 11.9 Å². The molecule has 0 aliphatic heterocycles. The van der Waals surface area contributed by atoms with E-state index in [1.165, 1.54) is 51.4 Å². The standard InChI is InChI=1S/C13H25BrO2/c1-2-3-4-5-6-7-8-9-10-11-16-13(15)12-14/h2-12H2,1H3. The molecule has 0 rings (SSSR count). The van der Waals surface area contributed by atoms with Crippen molar-refractivity contribution in [1.29, 1.82) is 0 Å². The highest BCUT2D eigenvalue weighted by Crippen LogP contribution is 2.09. The number of hydrogen-bond acceptors (Lipinski definition) is 2. The Morgan fingerprint density at radius 1 is 0.938 bits per heavy atom. The van der Waals surface area contributed by atoms with E-state index >= 15 is 0 Å². The van der Waals surface area contributed by atoms with Crippen molar-refractivity contribution in [2.45, 2.75) is 64.7 Å². The molecule has 0 aliphatic carbocycles. The third kappa shape index (κ3) is 12.0. The van der Waals surface area contributed by atoms with Gasteiger partial charge in [-0.1, -0.05) is 74.2 Å². The maximum Gasteiger partial charge on any atom is 0.316 e. The quantitative estimate of drug-likeness (QED) is 0.319. The summed E-state index contributed by atoms with van der Waals surface area (Å²) in [4.78, 5) is 10.8. The van der Waals surface area contributed by atoms with E-state index in [1.54, 1.807) is 0 Å². The molecular weight excluding hydrogens is 268 g/mol. The first kappa shape index (κ1) is 16.0. The predicted molar refractivity (Wildman–Crippen MR) is 72.0 cm³/mol. The number of unbranched alkanes of at least 4 members (excludes halogenated alkanes) is 8. The van der Waals surface area contributed by atoms with Crippen molar-refractivity contribution in [2.75, 3.05) is 11.9 Å². The van der Waals surface area contributed by atoms with Crippen LogP contribution in [-0.4, -0.2) is 17.9 Å². The summed E-state index contributed by atoms with van der Waals surface area (Å²) in [5, 5.41) is 0.310. The average Bonchev–Trinajstić information content (AvgIpc) is 2.31. The van der Waals surface area contributed by atoms with Gasteiger partial charge in [-0.25, -0.2) is 0 Å². The number of alkyl halides is 1. The second-order valence-corrected chi connectivity index (χ2v) is 4.74. The minimum absolute atomic E-state index is 0.153. The van der Waals surface area contributed by atoms with Crippen molar-refractivity contribution >= 4 is 21.9 Å². The molecule has 0 unspecified atom stereocenters. The SMILES string of the molecule is CCCCCCCCCCCOC(=O)CBr. The summed E-state index contributed by atoms with van der Waals surface area (Å²) in [7, 11) is 0.